The molecule has 0 spiro atoms. The largest absolute Gasteiger partial charge is 0.340 e. The van der Waals surface area contributed by atoms with Crippen molar-refractivity contribution in [3.05, 3.63) is 176 Å². The van der Waals surface area contributed by atoms with Crippen LogP contribution in [0.1, 0.15) is 71.7 Å². The van der Waals surface area contributed by atoms with E-state index >= 15 is 0 Å². The summed E-state index contributed by atoms with van der Waals surface area (Å²) in [4.78, 5) is 53.0. The second-order valence-corrected chi connectivity index (χ2v) is 18.3. The molecule has 0 saturated heterocycles. The van der Waals surface area contributed by atoms with Crippen molar-refractivity contribution in [1.29, 1.82) is 0 Å². The van der Waals surface area contributed by atoms with Gasteiger partial charge in [-0.3, -0.25) is 19.0 Å². The van der Waals surface area contributed by atoms with Crippen LogP contribution in [0.25, 0.3) is 67.1 Å². The molecule has 16 heteroatoms. The van der Waals surface area contributed by atoms with Crippen molar-refractivity contribution in [1.82, 2.24) is 59.0 Å². The van der Waals surface area contributed by atoms with E-state index in [-0.39, 0.29) is 22.8 Å². The van der Waals surface area contributed by atoms with Gasteiger partial charge >= 0.3 is 0 Å². The molecule has 0 amide bonds. The molecule has 10 aromatic rings. The SMILES string of the molecule is Cc1cc(F)cc(CCc2nc(-c3ccc4nc[nH]c(=O)c4c3)c(-c3ccn(C4CC4)n3)[nH]2)c1.Cc1cc(F)cc(CCc2nc(-c3ccc4ncn(C)c(=O)c4c3)c(-c3ccn(C4CC4)n3)[nH]2)c1. The summed E-state index contributed by atoms with van der Waals surface area (Å²) in [5.74, 6) is 1.12. The van der Waals surface area contributed by atoms with Crippen LogP contribution in [0.4, 0.5) is 8.78 Å². The molecule has 2 aliphatic carbocycles. The Morgan fingerprint density at radius 3 is 1.62 bits per heavy atom. The van der Waals surface area contributed by atoms with Gasteiger partial charge in [0.1, 0.15) is 34.7 Å². The molecular formula is C53H48F2N12O2. The number of hydrogen-bond donors (Lipinski definition) is 3. The normalized spacial score (nSPS) is 13.6. The standard InChI is InChI=1S/C27H25FN6O.C26H23FN6O/c1-16-11-17(13-19(28)12-16)3-8-24-30-25(26(31-24)23-9-10-34(32-23)20-5-6-20)18-4-7-22-21(14-18)27(35)33(2)15-29-22;1-15-10-16(12-18(27)11-15)2-7-23-30-24(17-3-6-21-20(13-17)26(34)29-14-28-21)25(31-23)22-8-9-33(32-22)19-4-5-19/h4,7,9-15,20H,3,5-6,8H2,1-2H3,(H,30,31);3,6,8-14,19H,2,4-5,7H2,1H3,(H,30,31)(H,28,29,34). The molecule has 0 radical (unpaired) electrons. The minimum absolute atomic E-state index is 0.103. The van der Waals surface area contributed by atoms with Crippen LogP contribution < -0.4 is 11.1 Å². The van der Waals surface area contributed by atoms with E-state index in [2.05, 4.69) is 24.9 Å². The molecule has 0 bridgehead atoms. The molecule has 6 aromatic heterocycles. The number of rotatable bonds is 12. The van der Waals surface area contributed by atoms with E-state index in [1.807, 2.05) is 96.3 Å². The van der Waals surface area contributed by atoms with Crippen LogP contribution in [0.5, 0.6) is 0 Å². The van der Waals surface area contributed by atoms with Crippen LogP contribution in [0.15, 0.2) is 120 Å². The molecule has 0 unspecified atom stereocenters. The molecule has 2 fully saturated rings. The zero-order valence-corrected chi connectivity index (χ0v) is 38.3. The highest BCUT2D eigenvalue weighted by Crippen LogP contribution is 2.38. The minimum atomic E-state index is -0.226. The number of nitrogens with one attached hydrogen (secondary N) is 3. The molecule has 346 valence electrons. The maximum atomic E-state index is 13.9. The lowest BCUT2D eigenvalue weighted by atomic mass is 10.1. The summed E-state index contributed by atoms with van der Waals surface area (Å²) < 4.78 is 33.2. The Morgan fingerprint density at radius 2 is 1.12 bits per heavy atom. The first-order valence-corrected chi connectivity index (χ1v) is 23.2. The van der Waals surface area contributed by atoms with Crippen molar-refractivity contribution in [2.45, 2.75) is 77.3 Å². The molecule has 3 N–H and O–H groups in total. The predicted molar refractivity (Wildman–Crippen MR) is 261 cm³/mol. The van der Waals surface area contributed by atoms with Gasteiger partial charge < -0.3 is 19.5 Å². The summed E-state index contributed by atoms with van der Waals surface area (Å²) >= 11 is 0. The van der Waals surface area contributed by atoms with E-state index in [1.54, 1.807) is 19.2 Å². The van der Waals surface area contributed by atoms with Crippen molar-refractivity contribution in [3.8, 4) is 45.3 Å². The fourth-order valence-electron chi connectivity index (χ4n) is 8.91. The number of aromatic nitrogens is 12. The van der Waals surface area contributed by atoms with Crippen molar-refractivity contribution >= 4 is 21.8 Å². The van der Waals surface area contributed by atoms with Gasteiger partial charge in [-0.1, -0.05) is 24.3 Å². The third-order valence-electron chi connectivity index (χ3n) is 12.7. The number of aromatic amines is 3. The number of fused-ring (bicyclic) bond motifs is 2. The van der Waals surface area contributed by atoms with Gasteiger partial charge in [0.25, 0.3) is 11.1 Å². The highest BCUT2D eigenvalue weighted by Gasteiger charge is 2.27. The van der Waals surface area contributed by atoms with Crippen molar-refractivity contribution < 1.29 is 8.78 Å². The lowest BCUT2D eigenvalue weighted by Crippen LogP contribution is -2.16. The number of H-pyrrole nitrogens is 3. The van der Waals surface area contributed by atoms with Gasteiger partial charge in [-0.05, 0) is 135 Å². The fraction of sp³-hybridized carbons (Fsp3) is 0.245. The number of nitrogens with zero attached hydrogens (tertiary/aromatic N) is 9. The minimum Gasteiger partial charge on any atom is -0.340 e. The Bertz CT molecular complexity index is 3640. The zero-order valence-electron chi connectivity index (χ0n) is 38.3. The molecule has 69 heavy (non-hydrogen) atoms. The number of benzene rings is 4. The maximum Gasteiger partial charge on any atom is 0.260 e. The number of hydrogen-bond acceptors (Lipinski definition) is 8. The van der Waals surface area contributed by atoms with Gasteiger partial charge in [-0.2, -0.15) is 10.2 Å². The second kappa shape index (κ2) is 17.8. The van der Waals surface area contributed by atoms with E-state index in [4.69, 9.17) is 20.2 Å². The molecular weight excluding hydrogens is 875 g/mol. The van der Waals surface area contributed by atoms with E-state index in [9.17, 15) is 18.4 Å². The first kappa shape index (κ1) is 43.4. The monoisotopic (exact) mass is 922 g/mol. The average Bonchev–Trinajstić information content (AvgIpc) is 4.13. The van der Waals surface area contributed by atoms with E-state index in [0.29, 0.717) is 59.6 Å². The maximum absolute atomic E-state index is 13.9. The van der Waals surface area contributed by atoms with Crippen LogP contribution in [0.2, 0.25) is 0 Å². The first-order valence-electron chi connectivity index (χ1n) is 23.2. The average molecular weight is 923 g/mol. The van der Waals surface area contributed by atoms with E-state index < -0.39 is 0 Å². The Hall–Kier alpha value is -8.14. The molecule has 2 aliphatic rings. The van der Waals surface area contributed by atoms with Gasteiger partial charge in [0, 0.05) is 43.4 Å². The third kappa shape index (κ3) is 9.29. The molecule has 2 saturated carbocycles. The van der Waals surface area contributed by atoms with Gasteiger partial charge in [-0.15, -0.1) is 0 Å². The Labute approximate surface area is 394 Å². The lowest BCUT2D eigenvalue weighted by Gasteiger charge is -2.04. The van der Waals surface area contributed by atoms with Crippen LogP contribution in [-0.4, -0.2) is 59.0 Å². The number of imidazole rings is 2. The predicted octanol–water partition coefficient (Wildman–Crippen LogP) is 9.50. The van der Waals surface area contributed by atoms with Crippen LogP contribution in [-0.2, 0) is 32.7 Å². The van der Waals surface area contributed by atoms with Gasteiger partial charge in [0.2, 0.25) is 0 Å². The zero-order chi connectivity index (χ0) is 47.3. The highest BCUT2D eigenvalue weighted by atomic mass is 19.1. The molecule has 14 nitrogen and oxygen atoms in total. The van der Waals surface area contributed by atoms with Crippen LogP contribution in [0, 0.1) is 25.5 Å². The van der Waals surface area contributed by atoms with E-state index in [0.717, 1.165) is 105 Å². The number of aryl methyl sites for hydroxylation is 7. The summed E-state index contributed by atoms with van der Waals surface area (Å²) in [6, 6.07) is 26.3. The van der Waals surface area contributed by atoms with E-state index in [1.165, 1.54) is 29.4 Å². The fourth-order valence-corrected chi connectivity index (χ4v) is 8.91. The van der Waals surface area contributed by atoms with Crippen molar-refractivity contribution in [3.63, 3.8) is 0 Å². The number of halogens is 2. The van der Waals surface area contributed by atoms with Gasteiger partial charge in [-0.25, -0.2) is 28.7 Å². The molecule has 0 atom stereocenters. The Morgan fingerprint density at radius 1 is 0.609 bits per heavy atom. The van der Waals surface area contributed by atoms with Crippen LogP contribution in [0.3, 0.4) is 0 Å². The summed E-state index contributed by atoms with van der Waals surface area (Å²) in [5, 5.41) is 10.6. The smallest absolute Gasteiger partial charge is 0.260 e. The Kier molecular flexibility index (Phi) is 11.2. The topological polar surface area (TPSA) is 174 Å². The lowest BCUT2D eigenvalue weighted by molar-refractivity contribution is 0.623. The molecule has 12 rings (SSSR count). The molecule has 4 aromatic carbocycles. The highest BCUT2D eigenvalue weighted by molar-refractivity contribution is 5.87. The second-order valence-electron chi connectivity index (χ2n) is 18.3. The quantitative estimate of drug-likeness (QED) is 0.109. The summed E-state index contributed by atoms with van der Waals surface area (Å²) in [5.41, 5.74) is 11.0. The van der Waals surface area contributed by atoms with Crippen molar-refractivity contribution in [2.24, 2.45) is 7.05 Å². The molecule has 0 aliphatic heterocycles. The van der Waals surface area contributed by atoms with Gasteiger partial charge in [0.05, 0.1) is 69.3 Å². The Balaban J connectivity index is 0.000000151. The summed E-state index contributed by atoms with van der Waals surface area (Å²) in [7, 11) is 1.69. The summed E-state index contributed by atoms with van der Waals surface area (Å²) in [6.07, 6.45) is 14.1. The summed E-state index contributed by atoms with van der Waals surface area (Å²) in [6.45, 7) is 3.78. The molecule has 6 heterocycles. The third-order valence-corrected chi connectivity index (χ3v) is 12.7. The van der Waals surface area contributed by atoms with Crippen molar-refractivity contribution in [2.75, 3.05) is 0 Å². The first-order chi connectivity index (χ1) is 33.5. The van der Waals surface area contributed by atoms with Crippen LogP contribution >= 0.6 is 0 Å². The van der Waals surface area contributed by atoms with Gasteiger partial charge in [0.15, 0.2) is 0 Å².